The fraction of sp³-hybridized carbons (Fsp3) is 0.308. The molecule has 1 aromatic carbocycles. The van der Waals surface area contributed by atoms with Gasteiger partial charge in [0, 0.05) is 0 Å². The first-order chi connectivity index (χ1) is 8.63. The number of esters is 1. The van der Waals surface area contributed by atoms with Crippen molar-refractivity contribution < 1.29 is 19.1 Å². The number of hydrogen-bond donors (Lipinski definition) is 0. The maximum absolute atomic E-state index is 11.9. The number of carbonyl (C=O) groups is 2. The van der Waals surface area contributed by atoms with E-state index < -0.39 is 11.8 Å². The highest BCUT2D eigenvalue weighted by molar-refractivity contribution is 6.07. The Morgan fingerprint density at radius 2 is 2.11 bits per heavy atom. The molecule has 5 nitrogen and oxygen atoms in total. The van der Waals surface area contributed by atoms with Crippen molar-refractivity contribution in [3.63, 3.8) is 0 Å². The van der Waals surface area contributed by atoms with Crippen LogP contribution in [0.4, 0.5) is 0 Å². The van der Waals surface area contributed by atoms with Crippen LogP contribution in [0.15, 0.2) is 18.2 Å². The number of rotatable bonds is 5. The first-order valence-electron chi connectivity index (χ1n) is 5.40. The summed E-state index contributed by atoms with van der Waals surface area (Å²) in [4.78, 5) is 23.1. The third-order valence-electron chi connectivity index (χ3n) is 2.25. The molecule has 0 saturated heterocycles. The Balaban J connectivity index is 2.99. The summed E-state index contributed by atoms with van der Waals surface area (Å²) in [5, 5.41) is 8.89. The van der Waals surface area contributed by atoms with Gasteiger partial charge in [-0.1, -0.05) is 6.07 Å². The fourth-order valence-electron chi connectivity index (χ4n) is 1.50. The zero-order valence-corrected chi connectivity index (χ0v) is 10.2. The van der Waals surface area contributed by atoms with Crippen LogP contribution in [0.3, 0.4) is 0 Å². The van der Waals surface area contributed by atoms with Crippen LogP contribution in [0.5, 0.6) is 5.75 Å². The van der Waals surface area contributed by atoms with E-state index in [4.69, 9.17) is 14.7 Å². The highest BCUT2D eigenvalue weighted by atomic mass is 16.5. The summed E-state index contributed by atoms with van der Waals surface area (Å²) in [6.07, 6.45) is -0.362. The molecule has 0 spiro atoms. The van der Waals surface area contributed by atoms with Gasteiger partial charge in [-0.05, 0) is 19.1 Å². The van der Waals surface area contributed by atoms with Crippen molar-refractivity contribution >= 4 is 11.8 Å². The van der Waals surface area contributed by atoms with E-state index >= 15 is 0 Å². The quantitative estimate of drug-likeness (QED) is 0.449. The zero-order valence-electron chi connectivity index (χ0n) is 10.2. The number of Topliss-reactive ketones (excluding diaryl/α,β-unsaturated/α-hetero) is 1. The summed E-state index contributed by atoms with van der Waals surface area (Å²) < 4.78 is 9.73. The number of benzene rings is 1. The monoisotopic (exact) mass is 247 g/mol. The van der Waals surface area contributed by atoms with Crippen molar-refractivity contribution in [1.82, 2.24) is 0 Å². The number of nitrogens with zero attached hydrogens (tertiary/aromatic N) is 1. The lowest BCUT2D eigenvalue weighted by atomic mass is 10.0. The lowest BCUT2D eigenvalue weighted by Gasteiger charge is -2.08. The summed E-state index contributed by atoms with van der Waals surface area (Å²) in [5.74, 6) is -0.830. The van der Waals surface area contributed by atoms with Crippen molar-refractivity contribution in [3.05, 3.63) is 29.3 Å². The van der Waals surface area contributed by atoms with Crippen molar-refractivity contribution in [2.75, 3.05) is 13.7 Å². The number of para-hydroxylation sites is 1. The Hall–Kier alpha value is -2.35. The van der Waals surface area contributed by atoms with Crippen LogP contribution in [0.2, 0.25) is 0 Å². The Bertz CT molecular complexity index is 502. The Morgan fingerprint density at radius 3 is 2.67 bits per heavy atom. The molecule has 0 aromatic heterocycles. The molecule has 5 heteroatoms. The van der Waals surface area contributed by atoms with E-state index in [2.05, 4.69) is 0 Å². The van der Waals surface area contributed by atoms with Crippen LogP contribution in [0.25, 0.3) is 0 Å². The van der Waals surface area contributed by atoms with Gasteiger partial charge in [0.05, 0.1) is 24.8 Å². The second kappa shape index (κ2) is 6.40. The average Bonchev–Trinajstić information content (AvgIpc) is 2.37. The summed E-state index contributed by atoms with van der Waals surface area (Å²) in [7, 11) is 1.37. The number of methoxy groups -OCH3 is 1. The molecule has 1 rings (SSSR count). The molecule has 0 heterocycles. The minimum absolute atomic E-state index is 0.189. The Labute approximate surface area is 105 Å². The van der Waals surface area contributed by atoms with Crippen molar-refractivity contribution in [2.24, 2.45) is 0 Å². The smallest absolute Gasteiger partial charge is 0.313 e. The van der Waals surface area contributed by atoms with Gasteiger partial charge in [0.25, 0.3) is 0 Å². The molecular formula is C13H13NO4. The number of hydrogen-bond acceptors (Lipinski definition) is 5. The molecule has 18 heavy (non-hydrogen) atoms. The molecule has 0 radical (unpaired) electrons. The molecule has 1 aromatic rings. The lowest BCUT2D eigenvalue weighted by Crippen LogP contribution is -2.12. The highest BCUT2D eigenvalue weighted by Gasteiger charge is 2.18. The van der Waals surface area contributed by atoms with Gasteiger partial charge in [-0.25, -0.2) is 0 Å². The second-order valence-corrected chi connectivity index (χ2v) is 3.40. The first-order valence-corrected chi connectivity index (χ1v) is 5.40. The van der Waals surface area contributed by atoms with Gasteiger partial charge in [-0.3, -0.25) is 9.59 Å². The van der Waals surface area contributed by atoms with Gasteiger partial charge in [0.15, 0.2) is 5.78 Å². The molecule has 0 atom stereocenters. The SMILES string of the molecule is CCOC(=O)CC(=O)c1cccc(C#N)c1OC. The van der Waals surface area contributed by atoms with E-state index in [0.717, 1.165) is 0 Å². The standard InChI is InChI=1S/C13H13NO4/c1-3-18-12(16)7-11(15)10-6-4-5-9(8-14)13(10)17-2/h4-6H,3,7H2,1-2H3. The number of carbonyl (C=O) groups excluding carboxylic acids is 2. The van der Waals surface area contributed by atoms with Gasteiger partial charge in [-0.2, -0.15) is 5.26 Å². The van der Waals surface area contributed by atoms with Gasteiger partial charge in [0.2, 0.25) is 0 Å². The minimum Gasteiger partial charge on any atom is -0.495 e. The summed E-state index contributed by atoms with van der Waals surface area (Å²) in [6.45, 7) is 1.89. The van der Waals surface area contributed by atoms with E-state index in [1.807, 2.05) is 6.07 Å². The molecular weight excluding hydrogens is 234 g/mol. The predicted molar refractivity (Wildman–Crippen MR) is 63.3 cm³/mol. The molecule has 0 aliphatic carbocycles. The van der Waals surface area contributed by atoms with Gasteiger partial charge in [-0.15, -0.1) is 0 Å². The van der Waals surface area contributed by atoms with E-state index in [1.165, 1.54) is 13.2 Å². The third kappa shape index (κ3) is 3.08. The van der Waals surface area contributed by atoms with Gasteiger partial charge in [0.1, 0.15) is 18.2 Å². The molecule has 0 N–H and O–H groups in total. The molecule has 0 aliphatic heterocycles. The second-order valence-electron chi connectivity index (χ2n) is 3.40. The number of nitriles is 1. The summed E-state index contributed by atoms with van der Waals surface area (Å²) in [5.41, 5.74) is 0.469. The predicted octanol–water partition coefficient (Wildman–Crippen LogP) is 1.70. The van der Waals surface area contributed by atoms with E-state index in [-0.39, 0.29) is 29.9 Å². The van der Waals surface area contributed by atoms with Crippen molar-refractivity contribution in [3.8, 4) is 11.8 Å². The molecule has 0 amide bonds. The molecule has 0 unspecified atom stereocenters. The third-order valence-corrected chi connectivity index (χ3v) is 2.25. The summed E-state index contributed by atoms with van der Waals surface area (Å²) in [6, 6.07) is 6.55. The van der Waals surface area contributed by atoms with E-state index in [1.54, 1.807) is 19.1 Å². The van der Waals surface area contributed by atoms with Crippen LogP contribution >= 0.6 is 0 Å². The van der Waals surface area contributed by atoms with Crippen LogP contribution in [-0.2, 0) is 9.53 Å². The fourth-order valence-corrected chi connectivity index (χ4v) is 1.50. The Morgan fingerprint density at radius 1 is 1.39 bits per heavy atom. The zero-order chi connectivity index (χ0) is 13.5. The van der Waals surface area contributed by atoms with Crippen LogP contribution in [0.1, 0.15) is 29.3 Å². The normalized spacial score (nSPS) is 9.39. The van der Waals surface area contributed by atoms with Crippen LogP contribution in [0, 0.1) is 11.3 Å². The summed E-state index contributed by atoms with van der Waals surface area (Å²) >= 11 is 0. The highest BCUT2D eigenvalue weighted by Crippen LogP contribution is 2.24. The Kier molecular flexibility index (Phi) is 4.88. The molecule has 0 bridgehead atoms. The average molecular weight is 247 g/mol. The van der Waals surface area contributed by atoms with E-state index in [9.17, 15) is 9.59 Å². The minimum atomic E-state index is -0.591. The van der Waals surface area contributed by atoms with Crippen molar-refractivity contribution in [2.45, 2.75) is 13.3 Å². The first kappa shape index (κ1) is 13.7. The number of ketones is 1. The van der Waals surface area contributed by atoms with Gasteiger partial charge < -0.3 is 9.47 Å². The van der Waals surface area contributed by atoms with E-state index in [0.29, 0.717) is 0 Å². The molecule has 0 aliphatic rings. The van der Waals surface area contributed by atoms with Crippen molar-refractivity contribution in [1.29, 1.82) is 5.26 Å². The van der Waals surface area contributed by atoms with Crippen LogP contribution < -0.4 is 4.74 Å². The van der Waals surface area contributed by atoms with Gasteiger partial charge >= 0.3 is 5.97 Å². The molecule has 0 fully saturated rings. The maximum Gasteiger partial charge on any atom is 0.313 e. The molecule has 0 saturated carbocycles. The van der Waals surface area contributed by atoms with Crippen LogP contribution in [-0.4, -0.2) is 25.5 Å². The lowest BCUT2D eigenvalue weighted by molar-refractivity contribution is -0.141. The number of ether oxygens (including phenoxy) is 2. The maximum atomic E-state index is 11.9. The largest absolute Gasteiger partial charge is 0.495 e. The topological polar surface area (TPSA) is 76.4 Å². The molecule has 94 valence electrons.